The van der Waals surface area contributed by atoms with Gasteiger partial charge in [-0.3, -0.25) is 4.79 Å². The number of rotatable bonds is 6. The van der Waals surface area contributed by atoms with Crippen molar-refractivity contribution in [2.24, 2.45) is 0 Å². The van der Waals surface area contributed by atoms with Gasteiger partial charge in [0.25, 0.3) is 5.91 Å². The van der Waals surface area contributed by atoms with Crippen molar-refractivity contribution >= 4 is 17.8 Å². The van der Waals surface area contributed by atoms with Crippen molar-refractivity contribution in [3.63, 3.8) is 0 Å². The fourth-order valence-electron chi connectivity index (χ4n) is 2.79. The highest BCUT2D eigenvalue weighted by Gasteiger charge is 2.26. The quantitative estimate of drug-likeness (QED) is 0.738. The molecule has 2 aromatic rings. The normalized spacial score (nSPS) is 13.0. The zero-order valence-electron chi connectivity index (χ0n) is 16.7. The first-order chi connectivity index (χ1) is 14.1. The first-order valence-electron chi connectivity index (χ1n) is 9.02. The first-order valence-corrected chi connectivity index (χ1v) is 9.02. The molecule has 160 valence electrons. The summed E-state index contributed by atoms with van der Waals surface area (Å²) in [5.74, 6) is -2.56. The van der Waals surface area contributed by atoms with Crippen LogP contribution >= 0.6 is 0 Å². The highest BCUT2D eigenvalue weighted by atomic mass is 19.1. The number of amides is 1. The minimum atomic E-state index is -1.25. The van der Waals surface area contributed by atoms with Crippen LogP contribution in [0.1, 0.15) is 46.1 Å². The highest BCUT2D eigenvalue weighted by Crippen LogP contribution is 2.18. The van der Waals surface area contributed by atoms with Crippen LogP contribution in [0.15, 0.2) is 46.6 Å². The molecule has 2 heterocycles. The Bertz CT molecular complexity index is 977. The van der Waals surface area contributed by atoms with Crippen LogP contribution in [0, 0.1) is 5.82 Å². The summed E-state index contributed by atoms with van der Waals surface area (Å²) < 4.78 is 22.9. The Morgan fingerprint density at radius 1 is 1.20 bits per heavy atom. The molecule has 0 spiro atoms. The minimum Gasteiger partial charge on any atom is -0.491 e. The molecule has 2 N–H and O–H groups in total. The van der Waals surface area contributed by atoms with E-state index in [0.717, 1.165) is 12.1 Å². The number of benzene rings is 1. The molecule has 1 aliphatic rings. The fourth-order valence-corrected chi connectivity index (χ4v) is 2.79. The van der Waals surface area contributed by atoms with Gasteiger partial charge in [-0.05, 0) is 49.8 Å². The molecule has 0 atom stereocenters. The van der Waals surface area contributed by atoms with Gasteiger partial charge in [-0.1, -0.05) is 6.07 Å². The lowest BCUT2D eigenvalue weighted by atomic mass is 10.0. The fraction of sp³-hybridized carbons (Fsp3) is 0.286. The number of carbonyl (C=O) groups is 3. The van der Waals surface area contributed by atoms with Gasteiger partial charge in [-0.25, -0.2) is 14.0 Å². The van der Waals surface area contributed by atoms with Crippen LogP contribution in [0.2, 0.25) is 0 Å². The Morgan fingerprint density at radius 2 is 1.90 bits per heavy atom. The maximum Gasteiger partial charge on any atom is 0.371 e. The highest BCUT2D eigenvalue weighted by molar-refractivity contribution is 5.94. The molecule has 0 fully saturated rings. The third kappa shape index (κ3) is 5.47. The van der Waals surface area contributed by atoms with E-state index in [1.807, 2.05) is 19.9 Å². The average Bonchev–Trinajstić information content (AvgIpc) is 3.30. The summed E-state index contributed by atoms with van der Waals surface area (Å²) >= 11 is 0. The number of ether oxygens (including phenoxy) is 1. The number of furan rings is 1. The molecule has 1 aromatic carbocycles. The van der Waals surface area contributed by atoms with E-state index in [-0.39, 0.29) is 29.7 Å². The number of carboxylic acids is 2. The summed E-state index contributed by atoms with van der Waals surface area (Å²) in [5.41, 5.74) is 0.175. The molecule has 1 aliphatic heterocycles. The van der Waals surface area contributed by atoms with Crippen LogP contribution in [0.25, 0.3) is 0 Å². The van der Waals surface area contributed by atoms with Crippen LogP contribution in [0.4, 0.5) is 4.39 Å². The molecule has 0 unspecified atom stereocenters. The number of methoxy groups -OCH3 is 1. The van der Waals surface area contributed by atoms with Crippen LogP contribution in [0.3, 0.4) is 0 Å². The molecule has 1 aromatic heterocycles. The van der Waals surface area contributed by atoms with E-state index in [1.54, 1.807) is 4.90 Å². The molecule has 0 aliphatic carbocycles. The average molecular weight is 419 g/mol. The Hall–Kier alpha value is -3.62. The summed E-state index contributed by atoms with van der Waals surface area (Å²) in [7, 11) is 1.52. The maximum atomic E-state index is 13.0. The zero-order chi connectivity index (χ0) is 22.4. The van der Waals surface area contributed by atoms with Crippen molar-refractivity contribution in [3.05, 3.63) is 70.6 Å². The van der Waals surface area contributed by atoms with E-state index in [4.69, 9.17) is 19.4 Å². The third-order valence-corrected chi connectivity index (χ3v) is 4.33. The summed E-state index contributed by atoms with van der Waals surface area (Å²) in [6, 6.07) is 6.37. The Labute approximate surface area is 172 Å². The van der Waals surface area contributed by atoms with Gasteiger partial charge in [-0.15, -0.1) is 0 Å². The van der Waals surface area contributed by atoms with Crippen molar-refractivity contribution < 1.29 is 38.1 Å². The van der Waals surface area contributed by atoms with Crippen molar-refractivity contribution in [1.29, 1.82) is 0 Å². The molecular weight excluding hydrogens is 397 g/mol. The number of hydrogen-bond donors (Lipinski definition) is 2. The van der Waals surface area contributed by atoms with Gasteiger partial charge in [0.1, 0.15) is 11.6 Å². The molecule has 9 heteroatoms. The van der Waals surface area contributed by atoms with Crippen molar-refractivity contribution in [1.82, 2.24) is 4.90 Å². The van der Waals surface area contributed by atoms with Gasteiger partial charge in [0.05, 0.1) is 12.7 Å². The summed E-state index contributed by atoms with van der Waals surface area (Å²) in [6.07, 6.45) is 1.89. The van der Waals surface area contributed by atoms with Gasteiger partial charge >= 0.3 is 11.9 Å². The van der Waals surface area contributed by atoms with Gasteiger partial charge in [-0.2, -0.15) is 0 Å². The van der Waals surface area contributed by atoms with Crippen molar-refractivity contribution in [2.45, 2.75) is 26.3 Å². The molecule has 3 rings (SSSR count). The molecule has 0 saturated heterocycles. The van der Waals surface area contributed by atoms with Crippen LogP contribution in [-0.4, -0.2) is 52.7 Å². The number of nitrogens with zero attached hydrogens (tertiary/aromatic N) is 1. The Morgan fingerprint density at radius 3 is 2.37 bits per heavy atom. The second-order valence-corrected chi connectivity index (χ2v) is 6.68. The summed E-state index contributed by atoms with van der Waals surface area (Å²) in [5, 5.41) is 17.7. The summed E-state index contributed by atoms with van der Waals surface area (Å²) in [4.78, 5) is 34.7. The molecule has 8 nitrogen and oxygen atoms in total. The Kier molecular flexibility index (Phi) is 7.35. The van der Waals surface area contributed by atoms with Gasteiger partial charge < -0.3 is 24.3 Å². The molecule has 0 saturated carbocycles. The number of carbonyl (C=O) groups excluding carboxylic acids is 1. The van der Waals surface area contributed by atoms with E-state index >= 15 is 0 Å². The van der Waals surface area contributed by atoms with Crippen LogP contribution in [0.5, 0.6) is 0 Å². The molecule has 0 bridgehead atoms. The SMILES string of the molecule is COC1=CCN(C(C)C)C1=O.O=C(O)c1ccc(Cc2ccc(F)cc2C(=O)O)o1. The van der Waals surface area contributed by atoms with E-state index in [0.29, 0.717) is 23.6 Å². The number of carboxylic acid groups (broad SMARTS) is 2. The van der Waals surface area contributed by atoms with Crippen LogP contribution < -0.4 is 0 Å². The van der Waals surface area contributed by atoms with E-state index in [2.05, 4.69) is 0 Å². The standard InChI is InChI=1S/C13H9FO5.C8H13NO2/c14-8-2-1-7(10(6-8)12(15)16)5-9-3-4-11(19-9)13(17)18;1-6(2)9-5-4-7(11-3)8(9)10/h1-4,6H,5H2,(H,15,16)(H,17,18);4,6H,5H2,1-3H3. The lowest BCUT2D eigenvalue weighted by Crippen LogP contribution is -2.33. The van der Waals surface area contributed by atoms with Gasteiger partial charge in [0.15, 0.2) is 5.76 Å². The number of hydrogen-bond acceptors (Lipinski definition) is 5. The van der Waals surface area contributed by atoms with E-state index < -0.39 is 17.8 Å². The van der Waals surface area contributed by atoms with Crippen molar-refractivity contribution in [3.8, 4) is 0 Å². The molecule has 30 heavy (non-hydrogen) atoms. The smallest absolute Gasteiger partial charge is 0.371 e. The van der Waals surface area contributed by atoms with Gasteiger partial charge in [0, 0.05) is 19.0 Å². The number of aromatic carboxylic acids is 2. The first kappa shape index (κ1) is 22.7. The van der Waals surface area contributed by atoms with Crippen LogP contribution in [-0.2, 0) is 16.0 Å². The Balaban J connectivity index is 0.000000248. The van der Waals surface area contributed by atoms with E-state index in [1.165, 1.54) is 25.3 Å². The zero-order valence-corrected chi connectivity index (χ0v) is 16.7. The second-order valence-electron chi connectivity index (χ2n) is 6.68. The lowest BCUT2D eigenvalue weighted by molar-refractivity contribution is -0.129. The minimum absolute atomic E-state index is 0.00231. The summed E-state index contributed by atoms with van der Waals surface area (Å²) in [6.45, 7) is 4.66. The topological polar surface area (TPSA) is 117 Å². The number of halogens is 1. The third-order valence-electron chi connectivity index (χ3n) is 4.33. The second kappa shape index (κ2) is 9.73. The molecule has 0 radical (unpaired) electrons. The predicted octanol–water partition coefficient (Wildman–Crippen LogP) is 3.17. The maximum absolute atomic E-state index is 13.0. The van der Waals surface area contributed by atoms with Crippen molar-refractivity contribution in [2.75, 3.05) is 13.7 Å². The molecular formula is C21H22FNO7. The monoisotopic (exact) mass is 419 g/mol. The van der Waals surface area contributed by atoms with E-state index in [9.17, 15) is 18.8 Å². The largest absolute Gasteiger partial charge is 0.491 e. The molecule has 1 amide bonds. The van der Waals surface area contributed by atoms with Gasteiger partial charge in [0.2, 0.25) is 5.76 Å². The predicted molar refractivity (Wildman–Crippen MR) is 104 cm³/mol. The lowest BCUT2D eigenvalue weighted by Gasteiger charge is -2.20.